The van der Waals surface area contributed by atoms with Crippen molar-refractivity contribution in [1.29, 1.82) is 0 Å². The van der Waals surface area contributed by atoms with Gasteiger partial charge in [0.25, 0.3) is 5.91 Å². The zero-order valence-corrected chi connectivity index (χ0v) is 27.2. The third kappa shape index (κ3) is 5.12. The van der Waals surface area contributed by atoms with E-state index >= 15 is 0 Å². The summed E-state index contributed by atoms with van der Waals surface area (Å²) in [6.45, 7) is 10.7. The highest BCUT2D eigenvalue weighted by Crippen LogP contribution is 2.61. The van der Waals surface area contributed by atoms with Crippen molar-refractivity contribution < 1.29 is 24.2 Å². The molecule has 0 radical (unpaired) electrons. The molecule has 238 valence electrons. The van der Waals surface area contributed by atoms with E-state index in [-0.39, 0.29) is 29.6 Å². The highest BCUT2D eigenvalue weighted by molar-refractivity contribution is 8.02. The van der Waals surface area contributed by atoms with Crippen LogP contribution in [-0.2, 0) is 14.4 Å². The number of ether oxygens (including phenoxy) is 1. The number of thioether (sulfide) groups is 1. The highest BCUT2D eigenvalue weighted by Gasteiger charge is 2.71. The van der Waals surface area contributed by atoms with Crippen molar-refractivity contribution >= 4 is 46.5 Å². The molecule has 10 heteroatoms. The van der Waals surface area contributed by atoms with E-state index in [0.29, 0.717) is 19.7 Å². The molecule has 0 bridgehead atoms. The monoisotopic (exact) mass is 630 g/mol. The number of benzene rings is 2. The second kappa shape index (κ2) is 12.6. The van der Waals surface area contributed by atoms with E-state index in [1.807, 2.05) is 79.8 Å². The molecule has 2 saturated heterocycles. The molecular weight excluding hydrogens is 588 g/mol. The van der Waals surface area contributed by atoms with Crippen LogP contribution < -0.4 is 19.4 Å². The highest BCUT2D eigenvalue weighted by atomic mass is 32.2. The normalized spacial score (nSPS) is 28.0. The number of amides is 3. The Hall–Kier alpha value is -3.76. The fraction of sp³-hybridized carbons (Fsp3) is 0.457. The Bertz CT molecular complexity index is 1490. The molecular formula is C35H42N4O5S. The van der Waals surface area contributed by atoms with Crippen LogP contribution in [0.5, 0.6) is 5.75 Å². The van der Waals surface area contributed by atoms with Crippen LogP contribution in [0.2, 0.25) is 0 Å². The summed E-state index contributed by atoms with van der Waals surface area (Å²) in [5, 5.41) is 10.00. The number of carbonyl (C=O) groups is 3. The van der Waals surface area contributed by atoms with Gasteiger partial charge in [0.05, 0.1) is 35.8 Å². The molecule has 4 aliphatic heterocycles. The Balaban J connectivity index is 1.37. The quantitative estimate of drug-likeness (QED) is 0.417. The maximum atomic E-state index is 14.7. The van der Waals surface area contributed by atoms with Gasteiger partial charge in [-0.1, -0.05) is 24.3 Å². The van der Waals surface area contributed by atoms with E-state index in [0.717, 1.165) is 35.9 Å². The topological polar surface area (TPSA) is 93.6 Å². The van der Waals surface area contributed by atoms with Gasteiger partial charge in [0.15, 0.2) is 0 Å². The lowest BCUT2D eigenvalue weighted by Gasteiger charge is -2.37. The number of aliphatic hydroxyl groups excluding tert-OH is 1. The van der Waals surface area contributed by atoms with Crippen LogP contribution in [0.25, 0.3) is 0 Å². The Labute approximate surface area is 269 Å². The second-order valence-corrected chi connectivity index (χ2v) is 13.5. The lowest BCUT2D eigenvalue weighted by atomic mass is 9.78. The van der Waals surface area contributed by atoms with E-state index in [4.69, 9.17) is 4.74 Å². The molecule has 6 rings (SSSR count). The first-order chi connectivity index (χ1) is 21.8. The molecule has 2 aromatic rings. The number of anilines is 3. The van der Waals surface area contributed by atoms with Crippen LogP contribution in [0.15, 0.2) is 72.8 Å². The Morgan fingerprint density at radius 1 is 0.911 bits per heavy atom. The van der Waals surface area contributed by atoms with Gasteiger partial charge in [-0.3, -0.25) is 14.4 Å². The molecule has 4 aliphatic rings. The molecule has 6 atom stereocenters. The van der Waals surface area contributed by atoms with Crippen molar-refractivity contribution in [1.82, 2.24) is 4.90 Å². The van der Waals surface area contributed by atoms with Crippen LogP contribution in [-0.4, -0.2) is 89.2 Å². The van der Waals surface area contributed by atoms with Gasteiger partial charge in [0.1, 0.15) is 11.8 Å². The summed E-state index contributed by atoms with van der Waals surface area (Å²) in [6.07, 6.45) is 8.00. The largest absolute Gasteiger partial charge is 0.494 e. The van der Waals surface area contributed by atoms with E-state index in [1.54, 1.807) is 33.4 Å². The number of aliphatic hydroxyl groups is 1. The fourth-order valence-electron chi connectivity index (χ4n) is 7.42. The summed E-state index contributed by atoms with van der Waals surface area (Å²) in [7, 11) is 0. The first kappa shape index (κ1) is 31.2. The summed E-state index contributed by atoms with van der Waals surface area (Å²) >= 11 is 1.54. The average Bonchev–Trinajstić information content (AvgIpc) is 3.38. The van der Waals surface area contributed by atoms with Crippen LogP contribution in [0, 0.1) is 11.8 Å². The summed E-state index contributed by atoms with van der Waals surface area (Å²) in [5.74, 6) is -1.28. The van der Waals surface area contributed by atoms with Crippen LogP contribution in [0.3, 0.4) is 0 Å². The smallest absolute Gasteiger partial charge is 0.251 e. The van der Waals surface area contributed by atoms with E-state index in [9.17, 15) is 19.5 Å². The molecule has 4 heterocycles. The van der Waals surface area contributed by atoms with E-state index in [2.05, 4.69) is 18.7 Å². The molecule has 1 N–H and O–H groups in total. The number of rotatable bonds is 9. The number of fused-ring (bicyclic) bond motifs is 2. The molecule has 2 fully saturated rings. The predicted octanol–water partition coefficient (Wildman–Crippen LogP) is 4.12. The number of carbonyl (C=O) groups excluding carboxylic acids is 3. The molecule has 0 aromatic heterocycles. The summed E-state index contributed by atoms with van der Waals surface area (Å²) < 4.78 is 4.64. The third-order valence-corrected chi connectivity index (χ3v) is 11.3. The third-order valence-electron chi connectivity index (χ3n) is 9.59. The summed E-state index contributed by atoms with van der Waals surface area (Å²) in [5.41, 5.74) is 2.56. The first-order valence-corrected chi connectivity index (χ1v) is 16.8. The number of hydrogen-bond donors (Lipinski definition) is 1. The minimum Gasteiger partial charge on any atom is -0.494 e. The molecule has 45 heavy (non-hydrogen) atoms. The van der Waals surface area contributed by atoms with Gasteiger partial charge in [-0.15, -0.1) is 11.8 Å². The van der Waals surface area contributed by atoms with Crippen LogP contribution in [0.4, 0.5) is 17.1 Å². The molecule has 0 saturated carbocycles. The van der Waals surface area contributed by atoms with Gasteiger partial charge in [-0.25, -0.2) is 0 Å². The van der Waals surface area contributed by atoms with Crippen LogP contribution >= 0.6 is 11.8 Å². The molecule has 9 nitrogen and oxygen atoms in total. The number of likely N-dealkylation sites (tertiary alicyclic amines) is 1. The van der Waals surface area contributed by atoms with Gasteiger partial charge in [0, 0.05) is 48.5 Å². The Kier molecular flexibility index (Phi) is 8.72. The van der Waals surface area contributed by atoms with Crippen molar-refractivity contribution in [2.24, 2.45) is 11.8 Å². The maximum absolute atomic E-state index is 14.7. The molecule has 3 amide bonds. The maximum Gasteiger partial charge on any atom is 0.251 e. The van der Waals surface area contributed by atoms with E-state index in [1.165, 1.54) is 0 Å². The molecule has 2 aromatic carbocycles. The van der Waals surface area contributed by atoms with Gasteiger partial charge in [-0.05, 0) is 76.2 Å². The van der Waals surface area contributed by atoms with Crippen molar-refractivity contribution in [2.45, 2.75) is 49.8 Å². The van der Waals surface area contributed by atoms with Gasteiger partial charge >= 0.3 is 0 Å². The number of hydrogen-bond acceptors (Lipinski definition) is 7. The lowest BCUT2D eigenvalue weighted by molar-refractivity contribution is -0.141. The second-order valence-electron chi connectivity index (χ2n) is 12.0. The van der Waals surface area contributed by atoms with Crippen molar-refractivity contribution in [3.8, 4) is 5.75 Å². The summed E-state index contributed by atoms with van der Waals surface area (Å²) in [4.78, 5) is 50.8. The minimum atomic E-state index is -0.954. The Morgan fingerprint density at radius 2 is 1.53 bits per heavy atom. The fourth-order valence-corrected chi connectivity index (χ4v) is 9.42. The first-order valence-electron chi connectivity index (χ1n) is 15.9. The molecule has 1 spiro atoms. The van der Waals surface area contributed by atoms with Crippen molar-refractivity contribution in [3.05, 3.63) is 72.8 Å². The van der Waals surface area contributed by atoms with Gasteiger partial charge < -0.3 is 29.4 Å². The SMILES string of the molecule is CCOc1ccc(N2CC=C[C@@H]3S[C@]45C=CCN(c6ccc(N(CC)CC)cc6)C(=O)C4N([C@H](C)CO)C(=O)[C@@H]5[C@@H]3C2=O)cc1. The standard InChI is InChI=1S/C35H42N4O5S/c1-5-36(6-2)24-11-13-25(14-12-24)38-21-9-19-35-30(33(42)39(23(4)22-40)31(35)34(38)43)29-28(45-35)10-8-20-37(32(29)41)26-15-17-27(18-16-26)44-7-3/h8-19,23,28-31,40H,5-7,20-22H2,1-4H3/t23-,28+,29-,30+,31?,35+/m1/s1. The zero-order valence-electron chi connectivity index (χ0n) is 26.3. The van der Waals surface area contributed by atoms with Crippen LogP contribution in [0.1, 0.15) is 27.7 Å². The lowest BCUT2D eigenvalue weighted by Crippen LogP contribution is -2.56. The molecule has 0 aliphatic carbocycles. The van der Waals surface area contributed by atoms with Crippen molar-refractivity contribution in [3.63, 3.8) is 0 Å². The average molecular weight is 631 g/mol. The predicted molar refractivity (Wildman–Crippen MR) is 179 cm³/mol. The number of nitrogens with zero attached hydrogens (tertiary/aromatic N) is 4. The minimum absolute atomic E-state index is 0.136. The van der Waals surface area contributed by atoms with Gasteiger partial charge in [-0.2, -0.15) is 0 Å². The van der Waals surface area contributed by atoms with E-state index < -0.39 is 28.7 Å². The Morgan fingerprint density at radius 3 is 2.16 bits per heavy atom. The van der Waals surface area contributed by atoms with Crippen molar-refractivity contribution in [2.75, 3.05) is 54.1 Å². The van der Waals surface area contributed by atoms with Gasteiger partial charge in [0.2, 0.25) is 11.8 Å². The zero-order chi connectivity index (χ0) is 31.9. The summed E-state index contributed by atoms with van der Waals surface area (Å²) in [6, 6.07) is 13.9. The molecule has 1 unspecified atom stereocenters.